The maximum atomic E-state index is 12.0. The molecular formula is C14H16O5. The van der Waals surface area contributed by atoms with Gasteiger partial charge in [0.2, 0.25) is 5.78 Å². The van der Waals surface area contributed by atoms with Crippen molar-refractivity contribution in [2.45, 2.75) is 6.92 Å². The first-order valence-electron chi connectivity index (χ1n) is 5.67. The van der Waals surface area contributed by atoms with Crippen LogP contribution in [0.15, 0.2) is 30.4 Å². The third-order valence-electron chi connectivity index (χ3n) is 2.36. The molecule has 0 fully saturated rings. The maximum Gasteiger partial charge on any atom is 0.330 e. The second-order valence-electron chi connectivity index (χ2n) is 3.60. The number of benzene rings is 1. The van der Waals surface area contributed by atoms with E-state index in [0.29, 0.717) is 17.1 Å². The first kappa shape index (κ1) is 14.8. The summed E-state index contributed by atoms with van der Waals surface area (Å²) in [6.07, 6.45) is 2.79. The van der Waals surface area contributed by atoms with E-state index in [1.54, 1.807) is 31.2 Å². The van der Waals surface area contributed by atoms with Crippen LogP contribution in [-0.2, 0) is 9.53 Å². The minimum absolute atomic E-state index is 0.315. The van der Waals surface area contributed by atoms with Gasteiger partial charge < -0.3 is 14.2 Å². The molecule has 0 atom stereocenters. The van der Waals surface area contributed by atoms with E-state index < -0.39 is 5.97 Å². The highest BCUT2D eigenvalue weighted by Gasteiger charge is 2.15. The molecule has 0 spiro atoms. The third-order valence-corrected chi connectivity index (χ3v) is 2.36. The minimum atomic E-state index is -0.558. The Bertz CT molecular complexity index is 491. The number of esters is 1. The SMILES string of the molecule is CC=CC(=O)OCC(=O)c1cc(OC)ccc1OC. The van der Waals surface area contributed by atoms with Crippen LogP contribution in [0.1, 0.15) is 17.3 Å². The monoisotopic (exact) mass is 264 g/mol. The number of rotatable bonds is 6. The predicted octanol–water partition coefficient (Wildman–Crippen LogP) is 2.01. The summed E-state index contributed by atoms with van der Waals surface area (Å²) in [6, 6.07) is 4.85. The number of ether oxygens (including phenoxy) is 3. The molecule has 1 aromatic rings. The number of carbonyl (C=O) groups is 2. The number of hydrogen-bond acceptors (Lipinski definition) is 5. The highest BCUT2D eigenvalue weighted by Crippen LogP contribution is 2.24. The average Bonchev–Trinajstić information content (AvgIpc) is 2.44. The molecule has 5 heteroatoms. The van der Waals surface area contributed by atoms with Crippen molar-refractivity contribution in [3.8, 4) is 11.5 Å². The predicted molar refractivity (Wildman–Crippen MR) is 69.6 cm³/mol. The molecule has 0 saturated carbocycles. The van der Waals surface area contributed by atoms with Crippen LogP contribution >= 0.6 is 0 Å². The van der Waals surface area contributed by atoms with Crippen molar-refractivity contribution >= 4 is 11.8 Å². The fourth-order valence-electron chi connectivity index (χ4n) is 1.43. The van der Waals surface area contributed by atoms with Gasteiger partial charge in [-0.25, -0.2) is 4.79 Å². The van der Waals surface area contributed by atoms with E-state index in [9.17, 15) is 9.59 Å². The summed E-state index contributed by atoms with van der Waals surface area (Å²) in [4.78, 5) is 23.1. The lowest BCUT2D eigenvalue weighted by molar-refractivity contribution is -0.136. The van der Waals surface area contributed by atoms with Gasteiger partial charge >= 0.3 is 5.97 Å². The third kappa shape index (κ3) is 4.13. The molecule has 1 aromatic carbocycles. The normalized spacial score (nSPS) is 10.3. The van der Waals surface area contributed by atoms with Crippen molar-refractivity contribution < 1.29 is 23.8 Å². The second kappa shape index (κ2) is 7.20. The van der Waals surface area contributed by atoms with Crippen LogP contribution in [0.4, 0.5) is 0 Å². The summed E-state index contributed by atoms with van der Waals surface area (Å²) in [6.45, 7) is 1.35. The molecular weight excluding hydrogens is 248 g/mol. The summed E-state index contributed by atoms with van der Waals surface area (Å²) in [5.41, 5.74) is 0.315. The minimum Gasteiger partial charge on any atom is -0.497 e. The zero-order chi connectivity index (χ0) is 14.3. The lowest BCUT2D eigenvalue weighted by atomic mass is 10.1. The van der Waals surface area contributed by atoms with Gasteiger partial charge in [-0.3, -0.25) is 4.79 Å². The molecule has 0 amide bonds. The van der Waals surface area contributed by atoms with E-state index in [4.69, 9.17) is 14.2 Å². The number of carbonyl (C=O) groups excluding carboxylic acids is 2. The molecule has 0 bridgehead atoms. The number of methoxy groups -OCH3 is 2. The van der Waals surface area contributed by atoms with Crippen LogP contribution in [0.2, 0.25) is 0 Å². The number of ketones is 1. The Kier molecular flexibility index (Phi) is 5.60. The van der Waals surface area contributed by atoms with Gasteiger partial charge in [0.1, 0.15) is 11.5 Å². The molecule has 0 aliphatic heterocycles. The molecule has 0 saturated heterocycles. The molecule has 0 heterocycles. The van der Waals surface area contributed by atoms with Crippen LogP contribution in [0.5, 0.6) is 11.5 Å². The van der Waals surface area contributed by atoms with E-state index in [0.717, 1.165) is 0 Å². The Labute approximate surface area is 111 Å². The standard InChI is InChI=1S/C14H16O5/c1-4-5-14(16)19-9-12(15)11-8-10(17-2)6-7-13(11)18-3/h4-8H,9H2,1-3H3. The largest absolute Gasteiger partial charge is 0.497 e. The van der Waals surface area contributed by atoms with Crippen molar-refractivity contribution in [1.82, 2.24) is 0 Å². The fourth-order valence-corrected chi connectivity index (χ4v) is 1.43. The van der Waals surface area contributed by atoms with Crippen molar-refractivity contribution in [2.75, 3.05) is 20.8 Å². The van der Waals surface area contributed by atoms with Gasteiger partial charge in [0.05, 0.1) is 19.8 Å². The summed E-state index contributed by atoms with van der Waals surface area (Å²) in [5, 5.41) is 0. The highest BCUT2D eigenvalue weighted by molar-refractivity contribution is 6.01. The molecule has 102 valence electrons. The van der Waals surface area contributed by atoms with Crippen LogP contribution in [0.25, 0.3) is 0 Å². The van der Waals surface area contributed by atoms with Gasteiger partial charge in [-0.1, -0.05) is 6.08 Å². The molecule has 0 radical (unpaired) electrons. The van der Waals surface area contributed by atoms with Crippen molar-refractivity contribution in [3.05, 3.63) is 35.9 Å². The first-order chi connectivity index (χ1) is 9.12. The van der Waals surface area contributed by atoms with Crippen molar-refractivity contribution in [2.24, 2.45) is 0 Å². The Balaban J connectivity index is 2.83. The topological polar surface area (TPSA) is 61.8 Å². The van der Waals surface area contributed by atoms with Gasteiger partial charge in [0.15, 0.2) is 6.61 Å². The summed E-state index contributed by atoms with van der Waals surface area (Å²) >= 11 is 0. The molecule has 5 nitrogen and oxygen atoms in total. The van der Waals surface area contributed by atoms with Crippen molar-refractivity contribution in [3.63, 3.8) is 0 Å². The van der Waals surface area contributed by atoms with E-state index in [2.05, 4.69) is 0 Å². The quantitative estimate of drug-likeness (QED) is 0.447. The van der Waals surface area contributed by atoms with Crippen molar-refractivity contribution in [1.29, 1.82) is 0 Å². The lowest BCUT2D eigenvalue weighted by Crippen LogP contribution is -2.13. The number of Topliss-reactive ketones (excluding diaryl/α,β-unsaturated/α-hetero) is 1. The smallest absolute Gasteiger partial charge is 0.330 e. The van der Waals surface area contributed by atoms with E-state index in [1.807, 2.05) is 0 Å². The molecule has 0 aliphatic rings. The van der Waals surface area contributed by atoms with Gasteiger partial charge in [-0.05, 0) is 25.1 Å². The van der Waals surface area contributed by atoms with Crippen LogP contribution in [0, 0.1) is 0 Å². The number of allylic oxidation sites excluding steroid dienone is 1. The lowest BCUT2D eigenvalue weighted by Gasteiger charge is -2.09. The molecule has 0 unspecified atom stereocenters. The Morgan fingerprint density at radius 1 is 1.21 bits per heavy atom. The second-order valence-corrected chi connectivity index (χ2v) is 3.60. The molecule has 19 heavy (non-hydrogen) atoms. The Hall–Kier alpha value is -2.30. The Morgan fingerprint density at radius 2 is 1.95 bits per heavy atom. The zero-order valence-electron chi connectivity index (χ0n) is 11.1. The summed E-state index contributed by atoms with van der Waals surface area (Å²) in [5.74, 6) is 0.0307. The van der Waals surface area contributed by atoms with E-state index in [1.165, 1.54) is 20.3 Å². The summed E-state index contributed by atoms with van der Waals surface area (Å²) in [7, 11) is 2.96. The van der Waals surface area contributed by atoms with Gasteiger partial charge in [-0.2, -0.15) is 0 Å². The van der Waals surface area contributed by atoms with Crippen LogP contribution < -0.4 is 9.47 Å². The summed E-state index contributed by atoms with van der Waals surface area (Å²) < 4.78 is 14.9. The first-order valence-corrected chi connectivity index (χ1v) is 5.67. The molecule has 0 aromatic heterocycles. The van der Waals surface area contributed by atoms with E-state index in [-0.39, 0.29) is 12.4 Å². The zero-order valence-corrected chi connectivity index (χ0v) is 11.1. The van der Waals surface area contributed by atoms with Gasteiger partial charge in [0.25, 0.3) is 0 Å². The molecule has 0 aliphatic carbocycles. The van der Waals surface area contributed by atoms with E-state index >= 15 is 0 Å². The fraction of sp³-hybridized carbons (Fsp3) is 0.286. The van der Waals surface area contributed by atoms with Crippen LogP contribution in [-0.4, -0.2) is 32.6 Å². The molecule has 0 N–H and O–H groups in total. The molecule has 1 rings (SSSR count). The van der Waals surface area contributed by atoms with Gasteiger partial charge in [-0.15, -0.1) is 0 Å². The number of hydrogen-bond donors (Lipinski definition) is 0. The highest BCUT2D eigenvalue weighted by atomic mass is 16.5. The maximum absolute atomic E-state index is 12.0. The average molecular weight is 264 g/mol. The Morgan fingerprint density at radius 3 is 2.53 bits per heavy atom. The van der Waals surface area contributed by atoms with Gasteiger partial charge in [0, 0.05) is 6.08 Å². The van der Waals surface area contributed by atoms with Crippen LogP contribution in [0.3, 0.4) is 0 Å².